The molecule has 34 heavy (non-hydrogen) atoms. The molecule has 0 heterocycles. The molecule has 0 aliphatic heterocycles. The van der Waals surface area contributed by atoms with Crippen LogP contribution in [0.3, 0.4) is 0 Å². The van der Waals surface area contributed by atoms with E-state index in [-0.39, 0.29) is 16.2 Å². The van der Waals surface area contributed by atoms with Crippen molar-refractivity contribution in [2.24, 2.45) is 5.73 Å². The van der Waals surface area contributed by atoms with E-state index in [4.69, 9.17) is 43.8 Å². The number of primary amides is 1. The molecule has 3 aromatic carbocycles. The number of benzene rings is 3. The number of thiocarbonyl (C=S) groups is 1. The fraction of sp³-hybridized carbons (Fsp3) is 0.167. The monoisotopic (exact) mass is 503 g/mol. The quantitative estimate of drug-likeness (QED) is 0.372. The molecule has 0 aliphatic rings. The van der Waals surface area contributed by atoms with E-state index in [1.165, 1.54) is 27.4 Å². The molecule has 0 aromatic heterocycles. The zero-order valence-corrected chi connectivity index (χ0v) is 20.5. The standard InChI is InChI=1S/C24H23ClFN3O4S/c1-12-8-15(13-6-5-7-14(22(13)26)23(27)30)19(31-2)10-17(12)28-24(34)29-18-9-16(25)20(32-3)11-21(18)33-4/h5-11H,1-4H3,(H2,27,30)(H2,28,29,34). The third-order valence-corrected chi connectivity index (χ3v) is 5.57. The lowest BCUT2D eigenvalue weighted by molar-refractivity contribution is 0.0996. The van der Waals surface area contributed by atoms with Crippen LogP contribution in [-0.2, 0) is 0 Å². The van der Waals surface area contributed by atoms with E-state index in [2.05, 4.69) is 10.6 Å². The molecule has 0 fully saturated rings. The van der Waals surface area contributed by atoms with E-state index in [0.717, 1.165) is 5.56 Å². The summed E-state index contributed by atoms with van der Waals surface area (Å²) in [6.45, 7) is 1.83. The molecule has 1 amide bonds. The van der Waals surface area contributed by atoms with Crippen LogP contribution in [0.25, 0.3) is 11.1 Å². The molecule has 0 aliphatic carbocycles. The normalized spacial score (nSPS) is 10.4. The van der Waals surface area contributed by atoms with E-state index in [1.807, 2.05) is 6.92 Å². The number of nitrogens with two attached hydrogens (primary N) is 1. The minimum atomic E-state index is -0.848. The van der Waals surface area contributed by atoms with Crippen LogP contribution in [0.4, 0.5) is 15.8 Å². The molecule has 0 spiro atoms. The van der Waals surface area contributed by atoms with Crippen molar-refractivity contribution >= 4 is 46.2 Å². The smallest absolute Gasteiger partial charge is 0.251 e. The van der Waals surface area contributed by atoms with Crippen LogP contribution in [0.15, 0.2) is 42.5 Å². The molecule has 0 bridgehead atoms. The van der Waals surface area contributed by atoms with E-state index < -0.39 is 11.7 Å². The minimum Gasteiger partial charge on any atom is -0.496 e. The summed E-state index contributed by atoms with van der Waals surface area (Å²) < 4.78 is 31.0. The Morgan fingerprint density at radius 2 is 1.59 bits per heavy atom. The third kappa shape index (κ3) is 5.16. The van der Waals surface area contributed by atoms with Crippen molar-refractivity contribution < 1.29 is 23.4 Å². The second kappa shape index (κ2) is 10.6. The van der Waals surface area contributed by atoms with Gasteiger partial charge in [0.05, 0.1) is 37.6 Å². The van der Waals surface area contributed by atoms with Gasteiger partial charge >= 0.3 is 0 Å². The number of hydrogen-bond donors (Lipinski definition) is 3. The summed E-state index contributed by atoms with van der Waals surface area (Å²) in [6, 6.07) is 11.2. The predicted molar refractivity (Wildman–Crippen MR) is 136 cm³/mol. The van der Waals surface area contributed by atoms with Crippen molar-refractivity contribution in [3.63, 3.8) is 0 Å². The van der Waals surface area contributed by atoms with Crippen molar-refractivity contribution in [1.82, 2.24) is 0 Å². The Balaban J connectivity index is 1.92. The molecule has 0 saturated heterocycles. The van der Waals surface area contributed by atoms with Gasteiger partial charge < -0.3 is 30.6 Å². The van der Waals surface area contributed by atoms with Crippen LogP contribution in [0.5, 0.6) is 17.2 Å². The van der Waals surface area contributed by atoms with E-state index in [9.17, 15) is 9.18 Å². The Bertz CT molecular complexity index is 1270. The van der Waals surface area contributed by atoms with Gasteiger partial charge in [-0.15, -0.1) is 0 Å². The first-order valence-corrected chi connectivity index (χ1v) is 10.8. The van der Waals surface area contributed by atoms with Gasteiger partial charge in [0.25, 0.3) is 5.91 Å². The first-order chi connectivity index (χ1) is 16.2. The average Bonchev–Trinajstić information content (AvgIpc) is 2.80. The lowest BCUT2D eigenvalue weighted by Gasteiger charge is -2.18. The molecular formula is C24H23ClFN3O4S. The number of methoxy groups -OCH3 is 3. The average molecular weight is 504 g/mol. The van der Waals surface area contributed by atoms with Gasteiger partial charge in [0.2, 0.25) is 0 Å². The Labute approximate surface area is 207 Å². The lowest BCUT2D eigenvalue weighted by atomic mass is 9.98. The highest BCUT2D eigenvalue weighted by molar-refractivity contribution is 7.80. The summed E-state index contributed by atoms with van der Waals surface area (Å²) in [4.78, 5) is 11.6. The number of ether oxygens (including phenoxy) is 3. The second-order valence-corrected chi connectivity index (χ2v) is 7.98. The number of hydrogen-bond acceptors (Lipinski definition) is 5. The van der Waals surface area contributed by atoms with Gasteiger partial charge in [0, 0.05) is 28.9 Å². The maximum Gasteiger partial charge on any atom is 0.251 e. The zero-order valence-electron chi connectivity index (χ0n) is 18.9. The minimum absolute atomic E-state index is 0.195. The van der Waals surface area contributed by atoms with Crippen LogP contribution >= 0.6 is 23.8 Å². The first kappa shape index (κ1) is 25.1. The highest BCUT2D eigenvalue weighted by atomic mass is 35.5. The number of carbonyl (C=O) groups is 1. The number of aryl methyl sites for hydroxylation is 1. The maximum atomic E-state index is 14.9. The Morgan fingerprint density at radius 1 is 0.941 bits per heavy atom. The van der Waals surface area contributed by atoms with Crippen molar-refractivity contribution in [3.05, 3.63) is 64.4 Å². The number of carbonyl (C=O) groups excluding carboxylic acids is 1. The number of anilines is 2. The molecule has 10 heteroatoms. The molecule has 178 valence electrons. The predicted octanol–water partition coefficient (Wildman–Crippen LogP) is 5.39. The van der Waals surface area contributed by atoms with Crippen LogP contribution in [0.1, 0.15) is 15.9 Å². The third-order valence-electron chi connectivity index (χ3n) is 5.07. The summed E-state index contributed by atoms with van der Waals surface area (Å²) in [7, 11) is 4.49. The number of rotatable bonds is 7. The molecule has 0 saturated carbocycles. The van der Waals surface area contributed by atoms with Gasteiger partial charge in [-0.3, -0.25) is 4.79 Å². The number of nitrogens with one attached hydrogen (secondary N) is 2. The molecule has 7 nitrogen and oxygen atoms in total. The van der Waals surface area contributed by atoms with Gasteiger partial charge in [-0.1, -0.05) is 23.7 Å². The summed E-state index contributed by atoms with van der Waals surface area (Å²) in [5.41, 5.74) is 7.67. The summed E-state index contributed by atoms with van der Waals surface area (Å²) in [5, 5.41) is 6.79. The SMILES string of the molecule is COc1cc(OC)c(NC(=S)Nc2cc(OC)c(-c3cccc(C(N)=O)c3F)cc2C)cc1Cl. The topological polar surface area (TPSA) is 94.8 Å². The van der Waals surface area contributed by atoms with Crippen molar-refractivity contribution in [3.8, 4) is 28.4 Å². The Hall–Kier alpha value is -3.56. The lowest BCUT2D eigenvalue weighted by Crippen LogP contribution is -2.20. The molecule has 0 unspecified atom stereocenters. The highest BCUT2D eigenvalue weighted by Crippen LogP contribution is 2.38. The van der Waals surface area contributed by atoms with E-state index in [0.29, 0.717) is 39.2 Å². The number of amides is 1. The largest absolute Gasteiger partial charge is 0.496 e. The van der Waals surface area contributed by atoms with Crippen LogP contribution in [0.2, 0.25) is 5.02 Å². The molecule has 0 atom stereocenters. The van der Waals surface area contributed by atoms with Gasteiger partial charge in [0.15, 0.2) is 5.11 Å². The maximum absolute atomic E-state index is 14.9. The van der Waals surface area contributed by atoms with Crippen molar-refractivity contribution in [1.29, 1.82) is 0 Å². The molecule has 4 N–H and O–H groups in total. The fourth-order valence-electron chi connectivity index (χ4n) is 3.37. The summed E-state index contributed by atoms with van der Waals surface area (Å²) >= 11 is 11.7. The fourth-order valence-corrected chi connectivity index (χ4v) is 3.83. The van der Waals surface area contributed by atoms with Crippen LogP contribution in [0, 0.1) is 12.7 Å². The highest BCUT2D eigenvalue weighted by Gasteiger charge is 2.19. The molecule has 0 radical (unpaired) electrons. The van der Waals surface area contributed by atoms with E-state index in [1.54, 1.807) is 36.4 Å². The van der Waals surface area contributed by atoms with E-state index >= 15 is 0 Å². The Morgan fingerprint density at radius 3 is 2.21 bits per heavy atom. The zero-order chi connectivity index (χ0) is 25.0. The van der Waals surface area contributed by atoms with Gasteiger partial charge in [-0.25, -0.2) is 4.39 Å². The van der Waals surface area contributed by atoms with Crippen molar-refractivity contribution in [2.75, 3.05) is 32.0 Å². The first-order valence-electron chi connectivity index (χ1n) is 9.97. The summed E-state index contributed by atoms with van der Waals surface area (Å²) in [6.07, 6.45) is 0. The second-order valence-electron chi connectivity index (χ2n) is 7.16. The molecule has 3 aromatic rings. The molecular weight excluding hydrogens is 481 g/mol. The van der Waals surface area contributed by atoms with Gasteiger partial charge in [0.1, 0.15) is 23.1 Å². The number of halogens is 2. The molecule has 3 rings (SSSR count). The van der Waals surface area contributed by atoms with Crippen LogP contribution in [-0.4, -0.2) is 32.3 Å². The summed E-state index contributed by atoms with van der Waals surface area (Å²) in [5.74, 6) is -0.235. The van der Waals surface area contributed by atoms with Crippen molar-refractivity contribution in [2.45, 2.75) is 6.92 Å². The Kier molecular flexibility index (Phi) is 7.80. The van der Waals surface area contributed by atoms with Gasteiger partial charge in [-0.05, 0) is 42.9 Å². The van der Waals surface area contributed by atoms with Gasteiger partial charge in [-0.2, -0.15) is 0 Å². The van der Waals surface area contributed by atoms with Crippen LogP contribution < -0.4 is 30.6 Å².